The van der Waals surface area contributed by atoms with Gasteiger partial charge in [0.1, 0.15) is 5.82 Å². The Labute approximate surface area is 122 Å². The van der Waals surface area contributed by atoms with Gasteiger partial charge in [0.25, 0.3) is 5.56 Å². The standard InChI is InChI=1S/C14H11BrN2OS/c15-11-5-6-19-12(11)8-16-13-7-9-3-1-2-4-10(9)14(18)17-13/h1-7H,8H2,(H2,16,17,18). The van der Waals surface area contributed by atoms with Gasteiger partial charge in [-0.15, -0.1) is 11.3 Å². The highest BCUT2D eigenvalue weighted by molar-refractivity contribution is 9.10. The molecule has 19 heavy (non-hydrogen) atoms. The van der Waals surface area contributed by atoms with Gasteiger partial charge < -0.3 is 10.3 Å². The van der Waals surface area contributed by atoms with Gasteiger partial charge in [-0.25, -0.2) is 0 Å². The summed E-state index contributed by atoms with van der Waals surface area (Å²) in [6, 6.07) is 11.5. The van der Waals surface area contributed by atoms with Crippen molar-refractivity contribution in [3.8, 4) is 0 Å². The van der Waals surface area contributed by atoms with Gasteiger partial charge in [0.2, 0.25) is 0 Å². The number of aromatic nitrogens is 1. The molecular weight excluding hydrogens is 324 g/mol. The average Bonchev–Trinajstić information content (AvgIpc) is 2.82. The fourth-order valence-electron chi connectivity index (χ4n) is 1.93. The highest BCUT2D eigenvalue weighted by Gasteiger charge is 2.03. The summed E-state index contributed by atoms with van der Waals surface area (Å²) < 4.78 is 1.09. The number of rotatable bonds is 3. The van der Waals surface area contributed by atoms with E-state index in [1.807, 2.05) is 41.8 Å². The van der Waals surface area contributed by atoms with Crippen molar-refractivity contribution in [3.63, 3.8) is 0 Å². The second kappa shape index (κ2) is 5.19. The third-order valence-corrected chi connectivity index (χ3v) is 4.81. The fourth-order valence-corrected chi connectivity index (χ4v) is 3.37. The van der Waals surface area contributed by atoms with Crippen molar-refractivity contribution < 1.29 is 0 Å². The summed E-state index contributed by atoms with van der Waals surface area (Å²) in [6.07, 6.45) is 0. The number of H-pyrrole nitrogens is 1. The molecule has 0 unspecified atom stereocenters. The minimum atomic E-state index is -0.0640. The lowest BCUT2D eigenvalue weighted by Gasteiger charge is -2.06. The number of anilines is 1. The molecule has 0 amide bonds. The van der Waals surface area contributed by atoms with Crippen LogP contribution in [-0.4, -0.2) is 4.98 Å². The molecular formula is C14H11BrN2OS. The van der Waals surface area contributed by atoms with Crippen LogP contribution in [0, 0.1) is 0 Å². The SMILES string of the molecule is O=c1[nH]c(NCc2sccc2Br)cc2ccccc12. The topological polar surface area (TPSA) is 44.9 Å². The molecule has 5 heteroatoms. The second-order valence-electron chi connectivity index (χ2n) is 4.14. The van der Waals surface area contributed by atoms with Crippen LogP contribution in [0.15, 0.2) is 51.0 Å². The van der Waals surface area contributed by atoms with E-state index in [1.54, 1.807) is 11.3 Å². The molecule has 1 aromatic carbocycles. The number of thiophene rings is 1. The molecule has 0 radical (unpaired) electrons. The monoisotopic (exact) mass is 334 g/mol. The largest absolute Gasteiger partial charge is 0.367 e. The first kappa shape index (κ1) is 12.4. The Morgan fingerprint density at radius 1 is 1.26 bits per heavy atom. The molecule has 0 aliphatic rings. The van der Waals surface area contributed by atoms with Crippen molar-refractivity contribution in [2.75, 3.05) is 5.32 Å². The van der Waals surface area contributed by atoms with Gasteiger partial charge in [0.05, 0.1) is 6.54 Å². The van der Waals surface area contributed by atoms with Gasteiger partial charge in [-0.3, -0.25) is 4.79 Å². The maximum atomic E-state index is 11.9. The van der Waals surface area contributed by atoms with Crippen LogP contribution in [0.1, 0.15) is 4.88 Å². The lowest BCUT2D eigenvalue weighted by Crippen LogP contribution is -2.10. The van der Waals surface area contributed by atoms with Crippen LogP contribution in [-0.2, 0) is 6.54 Å². The Balaban J connectivity index is 1.90. The van der Waals surface area contributed by atoms with Gasteiger partial charge in [-0.1, -0.05) is 18.2 Å². The minimum Gasteiger partial charge on any atom is -0.367 e. The van der Waals surface area contributed by atoms with Crippen molar-refractivity contribution in [1.82, 2.24) is 4.98 Å². The summed E-state index contributed by atoms with van der Waals surface area (Å²) in [5.41, 5.74) is -0.0640. The Hall–Kier alpha value is -1.59. The van der Waals surface area contributed by atoms with Crippen LogP contribution < -0.4 is 10.9 Å². The van der Waals surface area contributed by atoms with Crippen LogP contribution in [0.3, 0.4) is 0 Å². The molecule has 0 fully saturated rings. The summed E-state index contributed by atoms with van der Waals surface area (Å²) in [4.78, 5) is 16.0. The molecule has 3 aromatic rings. The van der Waals surface area contributed by atoms with Gasteiger partial charge in [-0.05, 0) is 44.9 Å². The molecule has 0 aliphatic carbocycles. The molecule has 0 atom stereocenters. The van der Waals surface area contributed by atoms with E-state index >= 15 is 0 Å². The smallest absolute Gasteiger partial charge is 0.257 e. The first-order chi connectivity index (χ1) is 9.24. The number of pyridine rings is 1. The lowest BCUT2D eigenvalue weighted by atomic mass is 10.2. The van der Waals surface area contributed by atoms with E-state index < -0.39 is 0 Å². The normalized spacial score (nSPS) is 10.8. The van der Waals surface area contributed by atoms with Crippen LogP contribution in [0.4, 0.5) is 5.82 Å². The number of benzene rings is 1. The fraction of sp³-hybridized carbons (Fsp3) is 0.0714. The Bertz CT molecular complexity index is 778. The number of nitrogens with one attached hydrogen (secondary N) is 2. The van der Waals surface area contributed by atoms with E-state index in [0.29, 0.717) is 11.9 Å². The quantitative estimate of drug-likeness (QED) is 0.761. The van der Waals surface area contributed by atoms with Crippen LogP contribution in [0.2, 0.25) is 0 Å². The third kappa shape index (κ3) is 2.57. The predicted octanol–water partition coefficient (Wildman–Crippen LogP) is 3.96. The average molecular weight is 335 g/mol. The van der Waals surface area contributed by atoms with E-state index in [9.17, 15) is 4.79 Å². The lowest BCUT2D eigenvalue weighted by molar-refractivity contribution is 1.13. The molecule has 96 valence electrons. The van der Waals surface area contributed by atoms with Crippen molar-refractivity contribution in [2.24, 2.45) is 0 Å². The number of halogens is 1. The summed E-state index contributed by atoms with van der Waals surface area (Å²) in [5, 5.41) is 6.93. The van der Waals surface area contributed by atoms with Crippen LogP contribution in [0.25, 0.3) is 10.8 Å². The third-order valence-electron chi connectivity index (χ3n) is 2.88. The predicted molar refractivity (Wildman–Crippen MR) is 83.9 cm³/mol. The maximum absolute atomic E-state index is 11.9. The first-order valence-electron chi connectivity index (χ1n) is 5.82. The zero-order valence-corrected chi connectivity index (χ0v) is 12.3. The molecule has 0 saturated heterocycles. The molecule has 3 nitrogen and oxygen atoms in total. The van der Waals surface area contributed by atoms with E-state index in [1.165, 1.54) is 4.88 Å². The maximum Gasteiger partial charge on any atom is 0.257 e. The summed E-state index contributed by atoms with van der Waals surface area (Å²) in [6.45, 7) is 0.687. The second-order valence-corrected chi connectivity index (χ2v) is 6.00. The zero-order chi connectivity index (χ0) is 13.2. The van der Waals surface area contributed by atoms with E-state index in [-0.39, 0.29) is 5.56 Å². The Morgan fingerprint density at radius 2 is 2.11 bits per heavy atom. The van der Waals surface area contributed by atoms with Crippen molar-refractivity contribution in [2.45, 2.75) is 6.54 Å². The molecule has 0 bridgehead atoms. The highest BCUT2D eigenvalue weighted by atomic mass is 79.9. The molecule has 2 heterocycles. The van der Waals surface area contributed by atoms with E-state index in [0.717, 1.165) is 15.7 Å². The number of aromatic amines is 1. The first-order valence-corrected chi connectivity index (χ1v) is 7.49. The summed E-state index contributed by atoms with van der Waals surface area (Å²) >= 11 is 5.17. The van der Waals surface area contributed by atoms with Gasteiger partial charge in [0, 0.05) is 14.7 Å². The zero-order valence-electron chi connectivity index (χ0n) is 9.94. The Morgan fingerprint density at radius 3 is 2.89 bits per heavy atom. The summed E-state index contributed by atoms with van der Waals surface area (Å²) in [5.74, 6) is 0.740. The highest BCUT2D eigenvalue weighted by Crippen LogP contribution is 2.23. The molecule has 3 rings (SSSR count). The van der Waals surface area contributed by atoms with E-state index in [4.69, 9.17) is 0 Å². The van der Waals surface area contributed by atoms with Crippen molar-refractivity contribution in [3.05, 3.63) is 61.5 Å². The summed E-state index contributed by atoms with van der Waals surface area (Å²) in [7, 11) is 0. The van der Waals surface area contributed by atoms with E-state index in [2.05, 4.69) is 26.2 Å². The van der Waals surface area contributed by atoms with Crippen LogP contribution >= 0.6 is 27.3 Å². The minimum absolute atomic E-state index is 0.0640. The number of hydrogen-bond donors (Lipinski definition) is 2. The van der Waals surface area contributed by atoms with Gasteiger partial charge >= 0.3 is 0 Å². The van der Waals surface area contributed by atoms with Crippen molar-refractivity contribution in [1.29, 1.82) is 0 Å². The Kier molecular flexibility index (Phi) is 3.40. The number of hydrogen-bond acceptors (Lipinski definition) is 3. The molecule has 0 spiro atoms. The molecule has 0 aliphatic heterocycles. The van der Waals surface area contributed by atoms with Gasteiger partial charge in [-0.2, -0.15) is 0 Å². The molecule has 0 saturated carbocycles. The van der Waals surface area contributed by atoms with Gasteiger partial charge in [0.15, 0.2) is 0 Å². The molecule has 2 aromatic heterocycles. The van der Waals surface area contributed by atoms with Crippen LogP contribution in [0.5, 0.6) is 0 Å². The number of fused-ring (bicyclic) bond motifs is 1. The van der Waals surface area contributed by atoms with Crippen molar-refractivity contribution >= 4 is 43.9 Å². The molecule has 2 N–H and O–H groups in total.